The fourth-order valence-corrected chi connectivity index (χ4v) is 3.23. The minimum atomic E-state index is -1.54. The number of carboxylic acids is 1. The van der Waals surface area contributed by atoms with Crippen molar-refractivity contribution >= 4 is 41.4 Å². The molecule has 1 rings (SSSR count). The smallest absolute Gasteiger partial charge is 0.326 e. The van der Waals surface area contributed by atoms with Crippen LogP contribution in [0.2, 0.25) is 0 Å². The summed E-state index contributed by atoms with van der Waals surface area (Å²) in [6, 6.07) is 5.14. The van der Waals surface area contributed by atoms with E-state index in [1.165, 1.54) is 11.8 Å². The molecule has 0 aliphatic rings. The lowest BCUT2D eigenvalue weighted by molar-refractivity contribution is -0.143. The van der Waals surface area contributed by atoms with Gasteiger partial charge < -0.3 is 32.5 Å². The van der Waals surface area contributed by atoms with Crippen molar-refractivity contribution in [3.8, 4) is 0 Å². The second kappa shape index (κ2) is 14.0. The molecule has 3 atom stereocenters. The number of carboxylic acid groups (broad SMARTS) is 1. The van der Waals surface area contributed by atoms with E-state index in [1.807, 2.05) is 6.26 Å². The lowest BCUT2D eigenvalue weighted by Crippen LogP contribution is -2.57. The van der Waals surface area contributed by atoms with Gasteiger partial charge in [0.2, 0.25) is 23.6 Å². The van der Waals surface area contributed by atoms with E-state index in [0.29, 0.717) is 17.7 Å². The van der Waals surface area contributed by atoms with E-state index >= 15 is 0 Å². The maximum Gasteiger partial charge on any atom is 0.326 e. The molecule has 32 heavy (non-hydrogen) atoms. The van der Waals surface area contributed by atoms with Crippen LogP contribution in [0.5, 0.6) is 0 Å². The number of benzene rings is 1. The minimum absolute atomic E-state index is 0.0570. The first-order chi connectivity index (χ1) is 15.2. The van der Waals surface area contributed by atoms with Gasteiger partial charge in [-0.15, -0.1) is 0 Å². The Labute approximate surface area is 190 Å². The zero-order valence-corrected chi connectivity index (χ0v) is 18.5. The fraction of sp³-hybridized carbons (Fsp3) is 0.450. The molecule has 1 aromatic carbocycles. The molecule has 0 bridgehead atoms. The van der Waals surface area contributed by atoms with Crippen LogP contribution in [-0.4, -0.2) is 71.4 Å². The van der Waals surface area contributed by atoms with Gasteiger partial charge in [0, 0.05) is 6.42 Å². The number of carbonyl (C=O) groups is 5. The normalized spacial score (nSPS) is 13.3. The van der Waals surface area contributed by atoms with Crippen molar-refractivity contribution in [2.45, 2.75) is 37.4 Å². The molecule has 0 saturated heterocycles. The van der Waals surface area contributed by atoms with Gasteiger partial charge in [0.15, 0.2) is 0 Å². The third-order valence-corrected chi connectivity index (χ3v) is 5.03. The van der Waals surface area contributed by atoms with Crippen molar-refractivity contribution in [1.29, 1.82) is 0 Å². The molecule has 3 unspecified atom stereocenters. The first kappa shape index (κ1) is 26.9. The Bertz CT molecular complexity index is 807. The van der Waals surface area contributed by atoms with Crippen molar-refractivity contribution in [3.05, 3.63) is 35.9 Å². The van der Waals surface area contributed by atoms with Crippen LogP contribution in [0.1, 0.15) is 18.4 Å². The molecule has 0 aliphatic carbocycles. The van der Waals surface area contributed by atoms with E-state index in [0.717, 1.165) is 0 Å². The highest BCUT2D eigenvalue weighted by Gasteiger charge is 2.30. The number of carbonyl (C=O) groups excluding carboxylic acids is 4. The van der Waals surface area contributed by atoms with Crippen molar-refractivity contribution in [3.63, 3.8) is 0 Å². The second-order valence-electron chi connectivity index (χ2n) is 6.93. The number of nitrogens with one attached hydrogen (secondary N) is 3. The van der Waals surface area contributed by atoms with Crippen LogP contribution in [0, 0.1) is 0 Å². The summed E-state index contributed by atoms with van der Waals surface area (Å²) in [6.07, 6.45) is 1.60. The van der Waals surface area contributed by atoms with Crippen LogP contribution in [0.15, 0.2) is 30.3 Å². The first-order valence-electron chi connectivity index (χ1n) is 9.82. The highest BCUT2D eigenvalue weighted by Crippen LogP contribution is 2.07. The Morgan fingerprint density at radius 1 is 0.969 bits per heavy atom. The fourth-order valence-electron chi connectivity index (χ4n) is 2.76. The third-order valence-electron chi connectivity index (χ3n) is 4.38. The van der Waals surface area contributed by atoms with Crippen LogP contribution in [0.3, 0.4) is 0 Å². The van der Waals surface area contributed by atoms with E-state index in [2.05, 4.69) is 16.0 Å². The summed E-state index contributed by atoms with van der Waals surface area (Å²) in [4.78, 5) is 59.9. The average Bonchev–Trinajstić information content (AvgIpc) is 2.75. The maximum atomic E-state index is 12.9. The lowest BCUT2D eigenvalue weighted by atomic mass is 10.0. The van der Waals surface area contributed by atoms with Crippen LogP contribution in [0.25, 0.3) is 0 Å². The summed E-state index contributed by atoms with van der Waals surface area (Å²) >= 11 is 1.48. The standard InChI is InChI=1S/C20H29N5O6S/c1-32-8-7-13(23-17(27)11-21)18(28)24-14(9-12-5-3-2-4-6-12)19(29)25-15(20(30)31)10-16(22)26/h2-6,13-15H,7-11,21H2,1H3,(H2,22,26)(H,23,27)(H,24,28)(H,25,29)(H,30,31). The van der Waals surface area contributed by atoms with Crippen LogP contribution < -0.4 is 27.4 Å². The zero-order chi connectivity index (χ0) is 24.1. The Kier molecular flexibility index (Phi) is 11.8. The number of hydrogen-bond donors (Lipinski definition) is 6. The summed E-state index contributed by atoms with van der Waals surface area (Å²) in [7, 11) is 0. The topological polar surface area (TPSA) is 194 Å². The highest BCUT2D eigenvalue weighted by atomic mass is 32.2. The summed E-state index contributed by atoms with van der Waals surface area (Å²) in [6.45, 7) is -0.301. The molecular weight excluding hydrogens is 438 g/mol. The van der Waals surface area contributed by atoms with Gasteiger partial charge in [-0.2, -0.15) is 11.8 Å². The SMILES string of the molecule is CSCCC(NC(=O)CN)C(=O)NC(Cc1ccccc1)C(=O)NC(CC(N)=O)C(=O)O. The van der Waals surface area contributed by atoms with Crippen molar-refractivity contribution in [2.24, 2.45) is 11.5 Å². The second-order valence-corrected chi connectivity index (χ2v) is 7.91. The van der Waals surface area contributed by atoms with Gasteiger partial charge in [0.25, 0.3) is 0 Å². The van der Waals surface area contributed by atoms with E-state index in [9.17, 15) is 29.1 Å². The molecule has 0 radical (unpaired) electrons. The Morgan fingerprint density at radius 2 is 1.56 bits per heavy atom. The Morgan fingerprint density at radius 3 is 2.09 bits per heavy atom. The third kappa shape index (κ3) is 9.79. The number of amides is 4. The van der Waals surface area contributed by atoms with Gasteiger partial charge in [-0.1, -0.05) is 30.3 Å². The van der Waals surface area contributed by atoms with Crippen LogP contribution >= 0.6 is 11.8 Å². The Balaban J connectivity index is 3.06. The van der Waals surface area contributed by atoms with E-state index in [1.54, 1.807) is 30.3 Å². The number of primary amides is 1. The largest absolute Gasteiger partial charge is 0.480 e. The van der Waals surface area contributed by atoms with Gasteiger partial charge >= 0.3 is 5.97 Å². The molecule has 0 aliphatic heterocycles. The number of aliphatic carboxylic acids is 1. The summed E-state index contributed by atoms with van der Waals surface area (Å²) < 4.78 is 0. The van der Waals surface area contributed by atoms with Gasteiger partial charge in [-0.3, -0.25) is 19.2 Å². The molecule has 11 nitrogen and oxygen atoms in total. The van der Waals surface area contributed by atoms with Crippen molar-refractivity contribution in [2.75, 3.05) is 18.6 Å². The molecule has 176 valence electrons. The highest BCUT2D eigenvalue weighted by molar-refractivity contribution is 7.98. The van der Waals surface area contributed by atoms with Crippen LogP contribution in [-0.2, 0) is 30.4 Å². The predicted molar refractivity (Wildman–Crippen MR) is 119 cm³/mol. The van der Waals surface area contributed by atoms with Gasteiger partial charge in [0.1, 0.15) is 18.1 Å². The minimum Gasteiger partial charge on any atom is -0.480 e. The zero-order valence-electron chi connectivity index (χ0n) is 17.7. The summed E-state index contributed by atoms with van der Waals surface area (Å²) in [5.41, 5.74) is 11.1. The predicted octanol–water partition coefficient (Wildman–Crippen LogP) is -1.64. The summed E-state index contributed by atoms with van der Waals surface area (Å²) in [5, 5.41) is 16.6. The monoisotopic (exact) mass is 467 g/mol. The molecule has 0 saturated carbocycles. The molecule has 8 N–H and O–H groups in total. The molecule has 1 aromatic rings. The van der Waals surface area contributed by atoms with E-state index in [-0.39, 0.29) is 13.0 Å². The summed E-state index contributed by atoms with van der Waals surface area (Å²) in [5.74, 6) is -3.71. The molecular formula is C20H29N5O6S. The molecule has 0 aromatic heterocycles. The first-order valence-corrected chi connectivity index (χ1v) is 11.2. The van der Waals surface area contributed by atoms with Gasteiger partial charge in [-0.25, -0.2) is 4.79 Å². The molecule has 0 fully saturated rings. The van der Waals surface area contributed by atoms with E-state index < -0.39 is 54.1 Å². The molecule has 0 spiro atoms. The number of hydrogen-bond acceptors (Lipinski definition) is 7. The molecule has 12 heteroatoms. The average molecular weight is 468 g/mol. The van der Waals surface area contributed by atoms with Crippen molar-refractivity contribution in [1.82, 2.24) is 16.0 Å². The Hall–Kier alpha value is -3.12. The van der Waals surface area contributed by atoms with E-state index in [4.69, 9.17) is 11.5 Å². The maximum absolute atomic E-state index is 12.9. The quantitative estimate of drug-likeness (QED) is 0.187. The van der Waals surface area contributed by atoms with Gasteiger partial charge in [0.05, 0.1) is 13.0 Å². The number of nitrogens with two attached hydrogens (primary N) is 2. The molecule has 4 amide bonds. The number of thioether (sulfide) groups is 1. The number of rotatable bonds is 14. The lowest BCUT2D eigenvalue weighted by Gasteiger charge is -2.24. The van der Waals surface area contributed by atoms with Crippen LogP contribution in [0.4, 0.5) is 0 Å². The van der Waals surface area contributed by atoms with Crippen molar-refractivity contribution < 1.29 is 29.1 Å². The van der Waals surface area contributed by atoms with Gasteiger partial charge in [-0.05, 0) is 24.0 Å². The molecule has 0 heterocycles.